The monoisotopic (exact) mass is 247 g/mol. The highest BCUT2D eigenvalue weighted by atomic mass is 16.5. The van der Waals surface area contributed by atoms with E-state index >= 15 is 0 Å². The molecule has 0 heterocycles. The van der Waals surface area contributed by atoms with Crippen molar-refractivity contribution in [1.82, 2.24) is 5.32 Å². The highest BCUT2D eigenvalue weighted by molar-refractivity contribution is 5.37. The minimum atomic E-state index is 0.674. The van der Waals surface area contributed by atoms with Crippen LogP contribution in [-0.4, -0.2) is 20.2 Å². The maximum absolute atomic E-state index is 5.86. The first-order chi connectivity index (χ1) is 8.79. The topological polar surface area (TPSA) is 21.3 Å². The van der Waals surface area contributed by atoms with Crippen molar-refractivity contribution in [3.63, 3.8) is 0 Å². The fraction of sp³-hybridized carbons (Fsp3) is 0.625. The van der Waals surface area contributed by atoms with Gasteiger partial charge in [-0.1, -0.05) is 13.0 Å². The van der Waals surface area contributed by atoms with Crippen LogP contribution in [0.4, 0.5) is 0 Å². The summed E-state index contributed by atoms with van der Waals surface area (Å²) in [6.45, 7) is 4.14. The molecule has 0 fully saturated rings. The van der Waals surface area contributed by atoms with E-state index < -0.39 is 0 Å². The second-order valence-corrected chi connectivity index (χ2v) is 5.44. The van der Waals surface area contributed by atoms with Crippen molar-refractivity contribution in [2.24, 2.45) is 5.92 Å². The molecule has 0 bridgehead atoms. The highest BCUT2D eigenvalue weighted by Crippen LogP contribution is 2.25. The van der Waals surface area contributed by atoms with Gasteiger partial charge in [0.15, 0.2) is 0 Å². The Labute approximate surface area is 111 Å². The largest absolute Gasteiger partial charge is 0.494 e. The summed E-state index contributed by atoms with van der Waals surface area (Å²) in [4.78, 5) is 0. The molecule has 0 amide bonds. The standard InChI is InChI=1S/C16H25NO/c1-13(12-17-2)9-10-18-16-8-7-14-5-3-4-6-15(14)11-16/h7-8,11,13,17H,3-6,9-10,12H2,1-2H3. The summed E-state index contributed by atoms with van der Waals surface area (Å²) in [5, 5.41) is 3.20. The number of rotatable bonds is 6. The number of hydrogen-bond acceptors (Lipinski definition) is 2. The molecule has 0 aromatic heterocycles. The summed E-state index contributed by atoms with van der Waals surface area (Å²) in [6, 6.07) is 6.63. The van der Waals surface area contributed by atoms with Gasteiger partial charge < -0.3 is 10.1 Å². The minimum Gasteiger partial charge on any atom is -0.494 e. The number of benzene rings is 1. The van der Waals surface area contributed by atoms with Crippen LogP contribution >= 0.6 is 0 Å². The lowest BCUT2D eigenvalue weighted by Crippen LogP contribution is -2.18. The number of hydrogen-bond donors (Lipinski definition) is 1. The molecule has 1 aromatic carbocycles. The van der Waals surface area contributed by atoms with Gasteiger partial charge in [0.2, 0.25) is 0 Å². The van der Waals surface area contributed by atoms with Crippen molar-refractivity contribution in [1.29, 1.82) is 0 Å². The van der Waals surface area contributed by atoms with Crippen molar-refractivity contribution in [2.75, 3.05) is 20.2 Å². The van der Waals surface area contributed by atoms with Crippen LogP contribution < -0.4 is 10.1 Å². The molecule has 0 saturated heterocycles. The lowest BCUT2D eigenvalue weighted by Gasteiger charge is -2.17. The van der Waals surface area contributed by atoms with Crippen LogP contribution in [0.15, 0.2) is 18.2 Å². The molecule has 1 aliphatic carbocycles. The van der Waals surface area contributed by atoms with Crippen molar-refractivity contribution >= 4 is 0 Å². The maximum atomic E-state index is 5.86. The molecule has 0 radical (unpaired) electrons. The van der Waals surface area contributed by atoms with Crippen LogP contribution in [0.5, 0.6) is 5.75 Å². The second-order valence-electron chi connectivity index (χ2n) is 5.44. The van der Waals surface area contributed by atoms with Gasteiger partial charge in [0.05, 0.1) is 6.61 Å². The summed E-state index contributed by atoms with van der Waals surface area (Å²) < 4.78 is 5.86. The second kappa shape index (κ2) is 6.79. The molecule has 2 heteroatoms. The van der Waals surface area contributed by atoms with Gasteiger partial charge in [0.25, 0.3) is 0 Å². The first-order valence-corrected chi connectivity index (χ1v) is 7.19. The zero-order valence-electron chi connectivity index (χ0n) is 11.7. The van der Waals surface area contributed by atoms with E-state index in [1.54, 1.807) is 0 Å². The van der Waals surface area contributed by atoms with Gasteiger partial charge >= 0.3 is 0 Å². The molecular formula is C16H25NO. The summed E-state index contributed by atoms with van der Waals surface area (Å²) in [5.74, 6) is 1.72. The number of nitrogens with one attached hydrogen (secondary N) is 1. The zero-order chi connectivity index (χ0) is 12.8. The Balaban J connectivity index is 1.82. The van der Waals surface area contributed by atoms with Crippen LogP contribution in [0, 0.1) is 5.92 Å². The van der Waals surface area contributed by atoms with Crippen LogP contribution in [0.1, 0.15) is 37.3 Å². The summed E-state index contributed by atoms with van der Waals surface area (Å²) >= 11 is 0. The molecule has 1 unspecified atom stereocenters. The lowest BCUT2D eigenvalue weighted by molar-refractivity contribution is 0.282. The molecule has 2 rings (SSSR count). The molecule has 1 aliphatic rings. The normalized spacial score (nSPS) is 16.1. The van der Waals surface area contributed by atoms with Crippen molar-refractivity contribution < 1.29 is 4.74 Å². The molecule has 1 atom stereocenters. The van der Waals surface area contributed by atoms with Crippen LogP contribution in [0.3, 0.4) is 0 Å². The average Bonchev–Trinajstić information content (AvgIpc) is 2.39. The van der Waals surface area contributed by atoms with Gasteiger partial charge in [0, 0.05) is 0 Å². The molecule has 1 aromatic rings. The van der Waals surface area contributed by atoms with E-state index in [0.717, 1.165) is 25.3 Å². The van der Waals surface area contributed by atoms with E-state index in [1.807, 2.05) is 7.05 Å². The van der Waals surface area contributed by atoms with Crippen LogP contribution in [-0.2, 0) is 12.8 Å². The Kier molecular flexibility index (Phi) is 5.06. The van der Waals surface area contributed by atoms with E-state index in [0.29, 0.717) is 5.92 Å². The summed E-state index contributed by atoms with van der Waals surface area (Å²) in [6.07, 6.45) is 6.25. The van der Waals surface area contributed by atoms with Gasteiger partial charge in [-0.05, 0) is 74.9 Å². The Morgan fingerprint density at radius 2 is 2.00 bits per heavy atom. The van der Waals surface area contributed by atoms with Gasteiger partial charge in [-0.25, -0.2) is 0 Å². The number of ether oxygens (including phenoxy) is 1. The number of aryl methyl sites for hydroxylation is 2. The molecule has 1 N–H and O–H groups in total. The Morgan fingerprint density at radius 1 is 1.22 bits per heavy atom. The van der Waals surface area contributed by atoms with Crippen molar-refractivity contribution in [3.8, 4) is 5.75 Å². The molecular weight excluding hydrogens is 222 g/mol. The fourth-order valence-electron chi connectivity index (χ4n) is 2.63. The van der Waals surface area contributed by atoms with Gasteiger partial charge in [-0.3, -0.25) is 0 Å². The first-order valence-electron chi connectivity index (χ1n) is 7.19. The predicted molar refractivity (Wildman–Crippen MR) is 76.3 cm³/mol. The summed E-state index contributed by atoms with van der Waals surface area (Å²) in [5.41, 5.74) is 3.03. The molecule has 0 aliphatic heterocycles. The van der Waals surface area contributed by atoms with Crippen molar-refractivity contribution in [3.05, 3.63) is 29.3 Å². The lowest BCUT2D eigenvalue weighted by atomic mass is 9.92. The van der Waals surface area contributed by atoms with Crippen molar-refractivity contribution in [2.45, 2.75) is 39.0 Å². The predicted octanol–water partition coefficient (Wildman–Crippen LogP) is 3.19. The quantitative estimate of drug-likeness (QED) is 0.833. The van der Waals surface area contributed by atoms with Crippen LogP contribution in [0.2, 0.25) is 0 Å². The van der Waals surface area contributed by atoms with Gasteiger partial charge in [-0.15, -0.1) is 0 Å². The van der Waals surface area contributed by atoms with E-state index in [4.69, 9.17) is 4.74 Å². The molecule has 2 nitrogen and oxygen atoms in total. The minimum absolute atomic E-state index is 0.674. The Morgan fingerprint density at radius 3 is 2.78 bits per heavy atom. The molecule has 18 heavy (non-hydrogen) atoms. The van der Waals surface area contributed by atoms with Gasteiger partial charge in [-0.2, -0.15) is 0 Å². The zero-order valence-corrected chi connectivity index (χ0v) is 11.7. The third-order valence-electron chi connectivity index (χ3n) is 3.75. The highest BCUT2D eigenvalue weighted by Gasteiger charge is 2.10. The van der Waals surface area contributed by atoms with Crippen LogP contribution in [0.25, 0.3) is 0 Å². The SMILES string of the molecule is CNCC(C)CCOc1ccc2c(c1)CCCC2. The molecule has 0 saturated carbocycles. The maximum Gasteiger partial charge on any atom is 0.119 e. The smallest absolute Gasteiger partial charge is 0.119 e. The number of fused-ring (bicyclic) bond motifs is 1. The van der Waals surface area contributed by atoms with E-state index in [9.17, 15) is 0 Å². The Hall–Kier alpha value is -1.02. The molecule has 100 valence electrons. The van der Waals surface area contributed by atoms with E-state index in [2.05, 4.69) is 30.4 Å². The molecule has 0 spiro atoms. The Bertz CT molecular complexity index is 375. The summed E-state index contributed by atoms with van der Waals surface area (Å²) in [7, 11) is 2.00. The fourth-order valence-corrected chi connectivity index (χ4v) is 2.63. The van der Waals surface area contributed by atoms with Gasteiger partial charge in [0.1, 0.15) is 5.75 Å². The van der Waals surface area contributed by atoms with E-state index in [-0.39, 0.29) is 0 Å². The third kappa shape index (κ3) is 3.74. The average molecular weight is 247 g/mol. The first kappa shape index (κ1) is 13.4. The van der Waals surface area contributed by atoms with E-state index in [1.165, 1.54) is 36.8 Å². The third-order valence-corrected chi connectivity index (χ3v) is 3.75.